The SMILES string of the molecule is CCCc1cnc(C(F)(F)Oc2cc(F)c(OC=CC(F)F)c(Cl)c2)nc1. The van der Waals surface area contributed by atoms with E-state index >= 15 is 0 Å². The summed E-state index contributed by atoms with van der Waals surface area (Å²) in [4.78, 5) is 7.13. The van der Waals surface area contributed by atoms with Crippen molar-refractivity contribution in [3.63, 3.8) is 0 Å². The molecule has 0 aliphatic carbocycles. The van der Waals surface area contributed by atoms with Crippen molar-refractivity contribution in [3.8, 4) is 11.5 Å². The molecule has 27 heavy (non-hydrogen) atoms. The van der Waals surface area contributed by atoms with Crippen molar-refractivity contribution in [1.29, 1.82) is 0 Å². The molecule has 1 aromatic carbocycles. The van der Waals surface area contributed by atoms with Gasteiger partial charge >= 0.3 is 6.11 Å². The molecular weight excluding hydrogens is 395 g/mol. The summed E-state index contributed by atoms with van der Waals surface area (Å²) >= 11 is 5.74. The van der Waals surface area contributed by atoms with Gasteiger partial charge in [-0.2, -0.15) is 8.78 Å². The number of allylic oxidation sites excluding steroid dienone is 1. The summed E-state index contributed by atoms with van der Waals surface area (Å²) in [6.07, 6.45) is -1.92. The van der Waals surface area contributed by atoms with Gasteiger partial charge in [-0.3, -0.25) is 0 Å². The van der Waals surface area contributed by atoms with Crippen molar-refractivity contribution in [3.05, 3.63) is 59.1 Å². The molecule has 2 rings (SSSR count). The highest BCUT2D eigenvalue weighted by Gasteiger charge is 2.38. The van der Waals surface area contributed by atoms with E-state index in [4.69, 9.17) is 11.6 Å². The number of halogens is 6. The lowest BCUT2D eigenvalue weighted by Crippen LogP contribution is -2.25. The summed E-state index contributed by atoms with van der Waals surface area (Å²) in [5.74, 6) is -3.30. The molecule has 2 aromatic rings. The summed E-state index contributed by atoms with van der Waals surface area (Å²) in [5, 5.41) is -0.445. The van der Waals surface area contributed by atoms with Crippen LogP contribution in [0.2, 0.25) is 5.02 Å². The van der Waals surface area contributed by atoms with Crippen LogP contribution in [-0.2, 0) is 12.5 Å². The molecule has 0 fully saturated rings. The molecule has 1 aromatic heterocycles. The Hall–Kier alpha value is -2.42. The maximum Gasteiger partial charge on any atom is 0.462 e. The van der Waals surface area contributed by atoms with Crippen LogP contribution in [0.5, 0.6) is 11.5 Å². The van der Waals surface area contributed by atoms with Crippen LogP contribution in [-0.4, -0.2) is 16.4 Å². The Balaban J connectivity index is 2.18. The molecule has 0 saturated heterocycles. The lowest BCUT2D eigenvalue weighted by molar-refractivity contribution is -0.192. The fourth-order valence-electron chi connectivity index (χ4n) is 1.99. The van der Waals surface area contributed by atoms with Gasteiger partial charge in [0, 0.05) is 30.6 Å². The molecule has 0 N–H and O–H groups in total. The van der Waals surface area contributed by atoms with Gasteiger partial charge in [0.05, 0.1) is 11.3 Å². The number of alkyl halides is 4. The summed E-state index contributed by atoms with van der Waals surface area (Å²) in [6, 6.07) is 1.44. The van der Waals surface area contributed by atoms with E-state index in [1.165, 1.54) is 12.4 Å². The first kappa shape index (κ1) is 20.9. The molecule has 0 atom stereocenters. The smallest absolute Gasteiger partial charge is 0.460 e. The Morgan fingerprint density at radius 3 is 2.44 bits per heavy atom. The third kappa shape index (κ3) is 5.78. The monoisotopic (exact) mass is 408 g/mol. The molecule has 0 spiro atoms. The second kappa shape index (κ2) is 8.98. The Bertz CT molecular complexity index is 777. The van der Waals surface area contributed by atoms with Crippen molar-refractivity contribution in [1.82, 2.24) is 9.97 Å². The first-order chi connectivity index (χ1) is 12.7. The minimum Gasteiger partial charge on any atom is -0.460 e. The molecule has 0 aliphatic heterocycles. The van der Waals surface area contributed by atoms with Gasteiger partial charge < -0.3 is 9.47 Å². The van der Waals surface area contributed by atoms with Gasteiger partial charge in [-0.25, -0.2) is 23.1 Å². The minimum absolute atomic E-state index is 0.355. The van der Waals surface area contributed by atoms with Crippen LogP contribution in [0.15, 0.2) is 36.9 Å². The summed E-state index contributed by atoms with van der Waals surface area (Å²) < 4.78 is 75.5. The van der Waals surface area contributed by atoms with Gasteiger partial charge in [0.1, 0.15) is 5.75 Å². The molecule has 0 unspecified atom stereocenters. The number of ether oxygens (including phenoxy) is 2. The molecule has 1 heterocycles. The molecule has 0 bridgehead atoms. The first-order valence-electron chi connectivity index (χ1n) is 7.71. The van der Waals surface area contributed by atoms with Gasteiger partial charge in [-0.05, 0) is 12.0 Å². The normalized spacial score (nSPS) is 12.0. The zero-order valence-electron chi connectivity index (χ0n) is 13.9. The summed E-state index contributed by atoms with van der Waals surface area (Å²) in [6.45, 7) is 1.92. The molecule has 0 amide bonds. The molecule has 0 radical (unpaired) electrons. The van der Waals surface area contributed by atoms with E-state index in [-0.39, 0.29) is 0 Å². The van der Waals surface area contributed by atoms with E-state index in [0.717, 1.165) is 12.5 Å². The van der Waals surface area contributed by atoms with Gasteiger partial charge in [0.2, 0.25) is 5.82 Å². The third-order valence-corrected chi connectivity index (χ3v) is 3.41. The topological polar surface area (TPSA) is 44.2 Å². The maximum absolute atomic E-state index is 14.2. The van der Waals surface area contributed by atoms with Crippen molar-refractivity contribution < 1.29 is 31.4 Å². The van der Waals surface area contributed by atoms with Gasteiger partial charge in [0.15, 0.2) is 11.6 Å². The fourth-order valence-corrected chi connectivity index (χ4v) is 2.23. The van der Waals surface area contributed by atoms with E-state index in [9.17, 15) is 22.0 Å². The van der Waals surface area contributed by atoms with E-state index in [2.05, 4.69) is 19.4 Å². The van der Waals surface area contributed by atoms with Crippen molar-refractivity contribution >= 4 is 11.6 Å². The van der Waals surface area contributed by atoms with Gasteiger partial charge in [-0.15, -0.1) is 0 Å². The highest BCUT2D eigenvalue weighted by atomic mass is 35.5. The average Bonchev–Trinajstić information content (AvgIpc) is 2.57. The maximum atomic E-state index is 14.2. The zero-order valence-corrected chi connectivity index (χ0v) is 14.7. The molecule has 10 heteroatoms. The average molecular weight is 409 g/mol. The van der Waals surface area contributed by atoms with Crippen LogP contribution in [0.4, 0.5) is 22.0 Å². The predicted molar refractivity (Wildman–Crippen MR) is 87.7 cm³/mol. The molecule has 0 saturated carbocycles. The lowest BCUT2D eigenvalue weighted by atomic mass is 10.2. The van der Waals surface area contributed by atoms with Crippen LogP contribution in [0.25, 0.3) is 0 Å². The van der Waals surface area contributed by atoms with Crippen molar-refractivity contribution in [2.45, 2.75) is 32.3 Å². The molecule has 0 aliphatic rings. The van der Waals surface area contributed by atoms with Crippen LogP contribution < -0.4 is 9.47 Å². The number of benzene rings is 1. The number of aryl methyl sites for hydroxylation is 1. The third-order valence-electron chi connectivity index (χ3n) is 3.13. The second-order valence-corrected chi connectivity index (χ2v) is 5.69. The molecule has 4 nitrogen and oxygen atoms in total. The highest BCUT2D eigenvalue weighted by Crippen LogP contribution is 2.36. The van der Waals surface area contributed by atoms with Crippen molar-refractivity contribution in [2.24, 2.45) is 0 Å². The Morgan fingerprint density at radius 1 is 1.22 bits per heavy atom. The minimum atomic E-state index is -3.95. The van der Waals surface area contributed by atoms with E-state index in [1.807, 2.05) is 6.92 Å². The van der Waals surface area contributed by atoms with Gasteiger partial charge in [0.25, 0.3) is 6.43 Å². The van der Waals surface area contributed by atoms with Crippen LogP contribution in [0.3, 0.4) is 0 Å². The molecule has 146 valence electrons. The molecular formula is C17H14ClF5N2O2. The van der Waals surface area contributed by atoms with Crippen molar-refractivity contribution in [2.75, 3.05) is 0 Å². The number of nitrogens with zero attached hydrogens (tertiary/aromatic N) is 2. The Morgan fingerprint density at radius 2 is 1.89 bits per heavy atom. The number of hydrogen-bond donors (Lipinski definition) is 0. The van der Waals surface area contributed by atoms with Crippen LogP contribution >= 0.6 is 11.6 Å². The van der Waals surface area contributed by atoms with E-state index < -0.39 is 40.7 Å². The summed E-state index contributed by atoms with van der Waals surface area (Å²) in [7, 11) is 0. The summed E-state index contributed by atoms with van der Waals surface area (Å²) in [5.41, 5.74) is 0.685. The number of hydrogen-bond acceptors (Lipinski definition) is 4. The standard InChI is InChI=1S/C17H14ClF5N2O2/c1-2-3-10-8-24-16(25-9-10)17(22,23)27-11-6-12(18)15(13(19)7-11)26-5-4-14(20)21/h4-9,14H,2-3H2,1H3. The van der Waals surface area contributed by atoms with Gasteiger partial charge in [-0.1, -0.05) is 24.9 Å². The number of rotatable bonds is 8. The Kier molecular flexibility index (Phi) is 6.95. The van der Waals surface area contributed by atoms with E-state index in [0.29, 0.717) is 30.4 Å². The predicted octanol–water partition coefficient (Wildman–Crippen LogP) is 5.51. The second-order valence-electron chi connectivity index (χ2n) is 5.28. The van der Waals surface area contributed by atoms with E-state index in [1.54, 1.807) is 0 Å². The fraction of sp³-hybridized carbons (Fsp3) is 0.294. The van der Waals surface area contributed by atoms with Crippen LogP contribution in [0, 0.1) is 5.82 Å². The Labute approximate surface area is 156 Å². The van der Waals surface area contributed by atoms with Crippen LogP contribution in [0.1, 0.15) is 24.7 Å². The largest absolute Gasteiger partial charge is 0.462 e. The first-order valence-corrected chi connectivity index (χ1v) is 8.09. The lowest BCUT2D eigenvalue weighted by Gasteiger charge is -2.17. The quantitative estimate of drug-likeness (QED) is 0.427. The zero-order chi connectivity index (χ0) is 20.0. The highest BCUT2D eigenvalue weighted by molar-refractivity contribution is 6.32. The number of aromatic nitrogens is 2.